The van der Waals surface area contributed by atoms with Gasteiger partial charge in [-0.1, -0.05) is 18.2 Å². The molecule has 3 amide bonds. The van der Waals surface area contributed by atoms with Gasteiger partial charge in [0, 0.05) is 5.56 Å². The Balaban J connectivity index is 1.26. The number of hydrogen-bond donors (Lipinski definition) is 1. The van der Waals surface area contributed by atoms with E-state index in [-0.39, 0.29) is 47.9 Å². The molecule has 5 aliphatic rings. The van der Waals surface area contributed by atoms with Crippen LogP contribution in [0.1, 0.15) is 22.5 Å². The van der Waals surface area contributed by atoms with Crippen LogP contribution in [0.3, 0.4) is 0 Å². The van der Waals surface area contributed by atoms with Gasteiger partial charge in [0.05, 0.1) is 30.3 Å². The maximum absolute atomic E-state index is 13.2. The molecular weight excluding hydrogens is 368 g/mol. The lowest BCUT2D eigenvalue weighted by atomic mass is 9.63. The lowest BCUT2D eigenvalue weighted by molar-refractivity contribution is -0.124. The second-order valence-electron chi connectivity index (χ2n) is 8.48. The van der Waals surface area contributed by atoms with Crippen LogP contribution in [-0.2, 0) is 16.1 Å². The number of rotatable bonds is 4. The van der Waals surface area contributed by atoms with E-state index in [4.69, 9.17) is 4.42 Å². The van der Waals surface area contributed by atoms with Crippen molar-refractivity contribution < 1.29 is 18.8 Å². The summed E-state index contributed by atoms with van der Waals surface area (Å²) in [5.74, 6) is 1.20. The summed E-state index contributed by atoms with van der Waals surface area (Å²) in [7, 11) is 0. The number of allylic oxidation sites excluding steroid dienone is 2. The van der Waals surface area contributed by atoms with E-state index in [0.29, 0.717) is 28.8 Å². The first-order chi connectivity index (χ1) is 14.1. The first-order valence-corrected chi connectivity index (χ1v) is 10.1. The summed E-state index contributed by atoms with van der Waals surface area (Å²) in [4.78, 5) is 40.3. The zero-order chi connectivity index (χ0) is 19.7. The molecule has 7 rings (SSSR count). The second-order valence-corrected chi connectivity index (χ2v) is 8.48. The van der Waals surface area contributed by atoms with E-state index >= 15 is 0 Å². The Morgan fingerprint density at radius 3 is 2.41 bits per heavy atom. The van der Waals surface area contributed by atoms with Crippen molar-refractivity contribution in [3.05, 3.63) is 66.1 Å². The van der Waals surface area contributed by atoms with Crippen LogP contribution in [0.5, 0.6) is 0 Å². The topological polar surface area (TPSA) is 79.6 Å². The summed E-state index contributed by atoms with van der Waals surface area (Å²) in [5, 5.41) is 2.80. The largest absolute Gasteiger partial charge is 0.467 e. The lowest BCUT2D eigenvalue weighted by Gasteiger charge is -2.37. The Morgan fingerprint density at radius 2 is 1.76 bits per heavy atom. The Labute approximate surface area is 167 Å². The van der Waals surface area contributed by atoms with Crippen LogP contribution in [0.2, 0.25) is 0 Å². The van der Waals surface area contributed by atoms with Gasteiger partial charge < -0.3 is 9.73 Å². The van der Waals surface area contributed by atoms with Gasteiger partial charge in [-0.25, -0.2) is 4.90 Å². The molecule has 6 nitrogen and oxygen atoms in total. The number of nitrogens with one attached hydrogen (secondary N) is 1. The summed E-state index contributed by atoms with van der Waals surface area (Å²) in [6.45, 7) is 0.277. The van der Waals surface area contributed by atoms with Gasteiger partial charge in [-0.3, -0.25) is 14.4 Å². The molecule has 6 atom stereocenters. The Kier molecular flexibility index (Phi) is 3.43. The van der Waals surface area contributed by atoms with Gasteiger partial charge in [-0.2, -0.15) is 0 Å². The van der Waals surface area contributed by atoms with Crippen LogP contribution in [-0.4, -0.2) is 17.7 Å². The second kappa shape index (κ2) is 5.92. The SMILES string of the molecule is O=C(NCc1ccco1)c1cccc(N2C(=O)C3C4C=CC(C5CC45)C3C2=O)c1. The molecule has 2 aromatic rings. The van der Waals surface area contributed by atoms with E-state index in [9.17, 15) is 14.4 Å². The summed E-state index contributed by atoms with van der Waals surface area (Å²) >= 11 is 0. The molecule has 1 saturated heterocycles. The number of anilines is 1. The van der Waals surface area contributed by atoms with Gasteiger partial charge in [0.25, 0.3) is 5.91 Å². The molecule has 1 aliphatic heterocycles. The van der Waals surface area contributed by atoms with Gasteiger partial charge in [-0.05, 0) is 60.4 Å². The Hall–Kier alpha value is -3.15. The van der Waals surface area contributed by atoms with Crippen molar-refractivity contribution in [1.82, 2.24) is 5.32 Å². The van der Waals surface area contributed by atoms with E-state index in [1.54, 1.807) is 42.7 Å². The molecule has 6 heteroatoms. The lowest BCUT2D eigenvalue weighted by Crippen LogP contribution is -2.40. The van der Waals surface area contributed by atoms with Crippen molar-refractivity contribution >= 4 is 23.4 Å². The van der Waals surface area contributed by atoms with Crippen LogP contribution in [0.15, 0.2) is 59.2 Å². The summed E-state index contributed by atoms with van der Waals surface area (Å²) in [6.07, 6.45) is 7.01. The summed E-state index contributed by atoms with van der Waals surface area (Å²) in [5.41, 5.74) is 0.890. The molecule has 0 radical (unpaired) electrons. The van der Waals surface area contributed by atoms with E-state index < -0.39 is 0 Å². The average Bonchev–Trinajstić information content (AvgIpc) is 3.33. The molecule has 1 aromatic heterocycles. The maximum Gasteiger partial charge on any atom is 0.251 e. The van der Waals surface area contributed by atoms with Crippen molar-refractivity contribution in [1.29, 1.82) is 0 Å². The number of carbonyl (C=O) groups is 3. The van der Waals surface area contributed by atoms with E-state index in [1.807, 2.05) is 0 Å². The molecule has 1 N–H and O–H groups in total. The van der Waals surface area contributed by atoms with Crippen molar-refractivity contribution in [3.63, 3.8) is 0 Å². The molecular formula is C23H20N2O4. The quantitative estimate of drug-likeness (QED) is 0.645. The molecule has 29 heavy (non-hydrogen) atoms. The monoisotopic (exact) mass is 388 g/mol. The number of nitrogens with zero attached hydrogens (tertiary/aromatic N) is 1. The van der Waals surface area contributed by atoms with Crippen LogP contribution in [0, 0.1) is 35.5 Å². The normalized spacial score (nSPS) is 33.6. The molecule has 2 bridgehead atoms. The predicted molar refractivity (Wildman–Crippen MR) is 104 cm³/mol. The van der Waals surface area contributed by atoms with Crippen LogP contribution in [0.25, 0.3) is 0 Å². The summed E-state index contributed by atoms with van der Waals surface area (Å²) in [6, 6.07) is 10.3. The van der Waals surface area contributed by atoms with Gasteiger partial charge in [0.1, 0.15) is 5.76 Å². The minimum Gasteiger partial charge on any atom is -0.467 e. The highest BCUT2D eigenvalue weighted by Crippen LogP contribution is 2.65. The zero-order valence-corrected chi connectivity index (χ0v) is 15.7. The predicted octanol–water partition coefficient (Wildman–Crippen LogP) is 2.77. The van der Waals surface area contributed by atoms with Crippen molar-refractivity contribution in [2.24, 2.45) is 35.5 Å². The van der Waals surface area contributed by atoms with Gasteiger partial charge >= 0.3 is 0 Å². The number of furan rings is 1. The first-order valence-electron chi connectivity index (χ1n) is 10.1. The molecule has 0 spiro atoms. The van der Waals surface area contributed by atoms with E-state index in [0.717, 1.165) is 6.42 Å². The summed E-state index contributed by atoms with van der Waals surface area (Å²) < 4.78 is 5.23. The highest BCUT2D eigenvalue weighted by atomic mass is 16.3. The highest BCUT2D eigenvalue weighted by Gasteiger charge is 2.67. The Morgan fingerprint density at radius 1 is 1.03 bits per heavy atom. The van der Waals surface area contributed by atoms with Gasteiger partial charge in [0.2, 0.25) is 11.8 Å². The van der Waals surface area contributed by atoms with Crippen LogP contribution >= 0.6 is 0 Å². The number of amides is 3. The van der Waals surface area contributed by atoms with Gasteiger partial charge in [-0.15, -0.1) is 0 Å². The number of benzene rings is 1. The fraction of sp³-hybridized carbons (Fsp3) is 0.348. The molecule has 2 saturated carbocycles. The number of imide groups is 1. The molecule has 4 aliphatic carbocycles. The highest BCUT2D eigenvalue weighted by molar-refractivity contribution is 6.23. The minimum atomic E-state index is -0.275. The third-order valence-electron chi connectivity index (χ3n) is 7.03. The smallest absolute Gasteiger partial charge is 0.251 e. The standard InChI is InChI=1S/C23H20N2O4/c26-21(24-11-14-5-2-8-29-14)12-3-1-4-13(9-12)25-22(27)19-15-6-7-16(18-10-17(15)18)20(19)23(25)28/h1-9,15-20H,10-11H2,(H,24,26). The third kappa shape index (κ3) is 2.38. The number of carbonyl (C=O) groups excluding carboxylic acids is 3. The molecule has 146 valence electrons. The fourth-order valence-electron chi connectivity index (χ4n) is 5.68. The molecule has 3 fully saturated rings. The Bertz CT molecular complexity index is 1020. The first kappa shape index (κ1) is 16.8. The molecule has 6 unspecified atom stereocenters. The minimum absolute atomic E-state index is 0.113. The molecule has 1 aromatic carbocycles. The van der Waals surface area contributed by atoms with Crippen LogP contribution in [0.4, 0.5) is 5.69 Å². The zero-order valence-electron chi connectivity index (χ0n) is 15.7. The molecule has 2 heterocycles. The average molecular weight is 388 g/mol. The van der Waals surface area contributed by atoms with Crippen molar-refractivity contribution in [3.8, 4) is 0 Å². The maximum atomic E-state index is 13.2. The number of hydrogen-bond acceptors (Lipinski definition) is 4. The third-order valence-corrected chi connectivity index (χ3v) is 7.03. The van der Waals surface area contributed by atoms with E-state index in [2.05, 4.69) is 17.5 Å². The van der Waals surface area contributed by atoms with Crippen molar-refractivity contribution in [2.45, 2.75) is 13.0 Å². The fourth-order valence-corrected chi connectivity index (χ4v) is 5.68. The van der Waals surface area contributed by atoms with Gasteiger partial charge in [0.15, 0.2) is 0 Å². The van der Waals surface area contributed by atoms with Crippen molar-refractivity contribution in [2.75, 3.05) is 4.90 Å². The van der Waals surface area contributed by atoms with E-state index in [1.165, 1.54) is 4.90 Å². The van der Waals surface area contributed by atoms with Crippen LogP contribution < -0.4 is 10.2 Å².